The van der Waals surface area contributed by atoms with E-state index < -0.39 is 0 Å². The van der Waals surface area contributed by atoms with Gasteiger partial charge >= 0.3 is 0 Å². The molecule has 0 saturated heterocycles. The normalized spacial score (nSPS) is 12.6. The minimum absolute atomic E-state index is 0.324. The summed E-state index contributed by atoms with van der Waals surface area (Å²) >= 11 is 3.44. The van der Waals surface area contributed by atoms with E-state index in [0.717, 1.165) is 16.7 Å². The molecule has 0 saturated carbocycles. The van der Waals surface area contributed by atoms with Gasteiger partial charge in [0.05, 0.1) is 5.69 Å². The van der Waals surface area contributed by atoms with Crippen molar-refractivity contribution in [2.45, 2.75) is 19.5 Å². The average Bonchev–Trinajstić information content (AvgIpc) is 2.73. The smallest absolute Gasteiger partial charge is 0.0762 e. The molecule has 3 nitrogen and oxygen atoms in total. The number of aromatic nitrogens is 2. The lowest BCUT2D eigenvalue weighted by Gasteiger charge is -2.13. The third kappa shape index (κ3) is 3.41. The maximum absolute atomic E-state index is 4.34. The molecule has 1 unspecified atom stereocenters. The van der Waals surface area contributed by atoms with Crippen LogP contribution < -0.4 is 5.32 Å². The third-order valence-electron chi connectivity index (χ3n) is 2.73. The molecule has 2 rings (SSSR count). The molecular weight excluding hydrogens is 278 g/mol. The molecule has 0 fully saturated rings. The van der Waals surface area contributed by atoms with Crippen molar-refractivity contribution in [1.29, 1.82) is 0 Å². The minimum Gasteiger partial charge on any atom is -0.304 e. The van der Waals surface area contributed by atoms with Crippen LogP contribution in [0.3, 0.4) is 0 Å². The van der Waals surface area contributed by atoms with Crippen LogP contribution in [0.5, 0.6) is 0 Å². The zero-order valence-electron chi connectivity index (χ0n) is 10.0. The molecule has 1 N–H and O–H groups in total. The third-order valence-corrected chi connectivity index (χ3v) is 3.26. The molecule has 4 heteroatoms. The van der Waals surface area contributed by atoms with Gasteiger partial charge in [0.15, 0.2) is 0 Å². The van der Waals surface area contributed by atoms with E-state index >= 15 is 0 Å². The van der Waals surface area contributed by atoms with Gasteiger partial charge < -0.3 is 5.32 Å². The first-order valence-corrected chi connectivity index (χ1v) is 6.42. The largest absolute Gasteiger partial charge is 0.304 e. The molecule has 0 spiro atoms. The van der Waals surface area contributed by atoms with E-state index in [4.69, 9.17) is 0 Å². The maximum atomic E-state index is 4.34. The van der Waals surface area contributed by atoms with Crippen molar-refractivity contribution >= 4 is 15.9 Å². The summed E-state index contributed by atoms with van der Waals surface area (Å²) in [5, 5.41) is 7.79. The molecule has 1 heterocycles. The van der Waals surface area contributed by atoms with E-state index in [-0.39, 0.29) is 0 Å². The molecule has 0 amide bonds. The van der Waals surface area contributed by atoms with Crippen LogP contribution in [0.15, 0.2) is 41.0 Å². The van der Waals surface area contributed by atoms with Gasteiger partial charge in [0, 0.05) is 30.3 Å². The number of nitrogens with one attached hydrogen (secondary N) is 1. The van der Waals surface area contributed by atoms with Crippen LogP contribution in [-0.4, -0.2) is 9.78 Å². The molecule has 2 aromatic rings. The molecule has 0 aliphatic rings. The van der Waals surface area contributed by atoms with Crippen LogP contribution in [0.4, 0.5) is 0 Å². The Bertz CT molecular complexity index is 476. The number of hydrogen-bond donors (Lipinski definition) is 1. The standard InChI is InChI=1S/C13H16BrN3/c1-10(11-3-5-12(14)6-4-11)15-9-13-7-8-17(2)16-13/h3-8,10,15H,9H2,1-2H3. The quantitative estimate of drug-likeness (QED) is 0.939. The van der Waals surface area contributed by atoms with Gasteiger partial charge in [-0.05, 0) is 30.7 Å². The Morgan fingerprint density at radius 3 is 2.59 bits per heavy atom. The van der Waals surface area contributed by atoms with Crippen molar-refractivity contribution in [3.05, 3.63) is 52.3 Å². The highest BCUT2D eigenvalue weighted by Crippen LogP contribution is 2.16. The van der Waals surface area contributed by atoms with Crippen LogP contribution >= 0.6 is 15.9 Å². The van der Waals surface area contributed by atoms with E-state index in [1.165, 1.54) is 5.56 Å². The molecule has 0 bridgehead atoms. The monoisotopic (exact) mass is 293 g/mol. The molecule has 1 aromatic carbocycles. The molecule has 0 aliphatic heterocycles. The van der Waals surface area contributed by atoms with E-state index in [0.29, 0.717) is 6.04 Å². The first-order chi connectivity index (χ1) is 8.15. The van der Waals surface area contributed by atoms with Crippen LogP contribution in [0.25, 0.3) is 0 Å². The van der Waals surface area contributed by atoms with Crippen LogP contribution in [-0.2, 0) is 13.6 Å². The number of benzene rings is 1. The summed E-state index contributed by atoms with van der Waals surface area (Å²) in [4.78, 5) is 0. The van der Waals surface area contributed by atoms with E-state index in [9.17, 15) is 0 Å². The van der Waals surface area contributed by atoms with E-state index in [2.05, 4.69) is 57.5 Å². The van der Waals surface area contributed by atoms with Gasteiger partial charge in [-0.3, -0.25) is 4.68 Å². The molecule has 0 aliphatic carbocycles. The summed E-state index contributed by atoms with van der Waals surface area (Å²) < 4.78 is 2.93. The Morgan fingerprint density at radius 1 is 1.29 bits per heavy atom. The number of nitrogens with zero attached hydrogens (tertiary/aromatic N) is 2. The van der Waals surface area contributed by atoms with E-state index in [1.807, 2.05) is 24.0 Å². The lowest BCUT2D eigenvalue weighted by molar-refractivity contribution is 0.562. The van der Waals surface area contributed by atoms with Crippen LogP contribution in [0.2, 0.25) is 0 Å². The molecule has 90 valence electrons. The zero-order valence-corrected chi connectivity index (χ0v) is 11.6. The number of halogens is 1. The highest BCUT2D eigenvalue weighted by molar-refractivity contribution is 9.10. The second kappa shape index (κ2) is 5.47. The molecule has 1 aromatic heterocycles. The topological polar surface area (TPSA) is 29.9 Å². The van der Waals surface area contributed by atoms with E-state index in [1.54, 1.807) is 0 Å². The van der Waals surface area contributed by atoms with Crippen molar-refractivity contribution in [2.75, 3.05) is 0 Å². The summed E-state index contributed by atoms with van der Waals surface area (Å²) in [6.45, 7) is 2.95. The first-order valence-electron chi connectivity index (χ1n) is 5.62. The minimum atomic E-state index is 0.324. The average molecular weight is 294 g/mol. The lowest BCUT2D eigenvalue weighted by Crippen LogP contribution is -2.18. The highest BCUT2D eigenvalue weighted by atomic mass is 79.9. The molecular formula is C13H16BrN3. The van der Waals surface area contributed by atoms with Gasteiger partial charge in [0.1, 0.15) is 0 Å². The summed E-state index contributed by atoms with van der Waals surface area (Å²) in [5.74, 6) is 0. The Morgan fingerprint density at radius 2 is 2.00 bits per heavy atom. The van der Waals surface area contributed by atoms with Gasteiger partial charge in [-0.1, -0.05) is 28.1 Å². The summed E-state index contributed by atoms with van der Waals surface area (Å²) in [6, 6.07) is 10.7. The number of aryl methyl sites for hydroxylation is 1. The van der Waals surface area contributed by atoms with Crippen molar-refractivity contribution in [2.24, 2.45) is 7.05 Å². The summed E-state index contributed by atoms with van der Waals surface area (Å²) in [6.07, 6.45) is 1.96. The van der Waals surface area contributed by atoms with Crippen LogP contribution in [0, 0.1) is 0 Å². The fourth-order valence-corrected chi connectivity index (χ4v) is 1.95. The lowest BCUT2D eigenvalue weighted by atomic mass is 10.1. The Labute approximate surface area is 110 Å². The Kier molecular flexibility index (Phi) is 3.97. The number of rotatable bonds is 4. The van der Waals surface area contributed by atoms with Gasteiger partial charge in [-0.2, -0.15) is 5.10 Å². The fourth-order valence-electron chi connectivity index (χ4n) is 1.68. The molecule has 17 heavy (non-hydrogen) atoms. The summed E-state index contributed by atoms with van der Waals surface area (Å²) in [7, 11) is 1.93. The zero-order chi connectivity index (χ0) is 12.3. The Balaban J connectivity index is 1.93. The second-order valence-corrected chi connectivity index (χ2v) is 5.05. The fraction of sp³-hybridized carbons (Fsp3) is 0.308. The maximum Gasteiger partial charge on any atom is 0.0762 e. The predicted molar refractivity (Wildman–Crippen MR) is 72.6 cm³/mol. The second-order valence-electron chi connectivity index (χ2n) is 4.13. The SMILES string of the molecule is CC(NCc1ccn(C)n1)c1ccc(Br)cc1. The van der Waals surface area contributed by atoms with Gasteiger partial charge in [-0.15, -0.1) is 0 Å². The van der Waals surface area contributed by atoms with Gasteiger partial charge in [0.25, 0.3) is 0 Å². The van der Waals surface area contributed by atoms with Gasteiger partial charge in [-0.25, -0.2) is 0 Å². The number of hydrogen-bond acceptors (Lipinski definition) is 2. The van der Waals surface area contributed by atoms with Gasteiger partial charge in [0.2, 0.25) is 0 Å². The Hall–Kier alpha value is -1.13. The van der Waals surface area contributed by atoms with Crippen molar-refractivity contribution in [3.63, 3.8) is 0 Å². The van der Waals surface area contributed by atoms with Crippen molar-refractivity contribution < 1.29 is 0 Å². The molecule has 0 radical (unpaired) electrons. The highest BCUT2D eigenvalue weighted by Gasteiger charge is 2.05. The summed E-state index contributed by atoms with van der Waals surface area (Å²) in [5.41, 5.74) is 2.35. The van der Waals surface area contributed by atoms with Crippen molar-refractivity contribution in [1.82, 2.24) is 15.1 Å². The van der Waals surface area contributed by atoms with Crippen LogP contribution in [0.1, 0.15) is 24.2 Å². The predicted octanol–water partition coefficient (Wildman–Crippen LogP) is 3.03. The molecule has 1 atom stereocenters. The first kappa shape index (κ1) is 12.3. The van der Waals surface area contributed by atoms with Crippen molar-refractivity contribution in [3.8, 4) is 0 Å².